The van der Waals surface area contributed by atoms with Crippen LogP contribution in [0.15, 0.2) is 18.3 Å². The third kappa shape index (κ3) is 4.78. The highest BCUT2D eigenvalue weighted by Gasteiger charge is 2.16. The molecule has 0 unspecified atom stereocenters. The first-order valence-corrected chi connectivity index (χ1v) is 6.90. The van der Waals surface area contributed by atoms with E-state index in [0.717, 1.165) is 43.9 Å². The number of hydrazine groups is 1. The molecular formula is C14H26N4O. The van der Waals surface area contributed by atoms with Crippen LogP contribution in [0.5, 0.6) is 0 Å². The fourth-order valence-electron chi connectivity index (χ4n) is 2.32. The van der Waals surface area contributed by atoms with Gasteiger partial charge in [-0.1, -0.05) is 19.9 Å². The minimum absolute atomic E-state index is 0.556. The van der Waals surface area contributed by atoms with Gasteiger partial charge in [-0.25, -0.2) is 10.8 Å². The number of anilines is 1. The normalized spacial score (nSPS) is 11.3. The highest BCUT2D eigenvalue weighted by Crippen LogP contribution is 2.17. The van der Waals surface area contributed by atoms with E-state index in [2.05, 4.69) is 35.2 Å². The van der Waals surface area contributed by atoms with Crippen LogP contribution in [0.1, 0.15) is 32.3 Å². The summed E-state index contributed by atoms with van der Waals surface area (Å²) >= 11 is 0. The van der Waals surface area contributed by atoms with Gasteiger partial charge in [0, 0.05) is 38.0 Å². The molecule has 19 heavy (non-hydrogen) atoms. The van der Waals surface area contributed by atoms with Gasteiger partial charge in [-0.2, -0.15) is 0 Å². The van der Waals surface area contributed by atoms with Crippen LogP contribution in [-0.4, -0.2) is 36.2 Å². The fraction of sp³-hybridized carbons (Fsp3) is 0.643. The molecular weight excluding hydrogens is 240 g/mol. The lowest BCUT2D eigenvalue weighted by Gasteiger charge is -2.30. The number of nitrogen functional groups attached to an aromatic ring is 1. The second-order valence-electron chi connectivity index (χ2n) is 4.59. The summed E-state index contributed by atoms with van der Waals surface area (Å²) in [5.74, 6) is 6.26. The van der Waals surface area contributed by atoms with Crippen LogP contribution in [-0.2, 0) is 11.3 Å². The van der Waals surface area contributed by atoms with Crippen molar-refractivity contribution in [3.8, 4) is 0 Å². The molecule has 5 heteroatoms. The van der Waals surface area contributed by atoms with Gasteiger partial charge in [0.25, 0.3) is 0 Å². The summed E-state index contributed by atoms with van der Waals surface area (Å²) in [4.78, 5) is 6.68. The van der Waals surface area contributed by atoms with E-state index in [4.69, 9.17) is 10.6 Å². The Morgan fingerprint density at radius 2 is 2.16 bits per heavy atom. The van der Waals surface area contributed by atoms with E-state index in [9.17, 15) is 0 Å². The highest BCUT2D eigenvalue weighted by molar-refractivity contribution is 5.42. The van der Waals surface area contributed by atoms with Crippen LogP contribution >= 0.6 is 0 Å². The van der Waals surface area contributed by atoms with Gasteiger partial charge in [0.05, 0.1) is 6.61 Å². The summed E-state index contributed by atoms with van der Waals surface area (Å²) in [6.07, 6.45) is 4.01. The van der Waals surface area contributed by atoms with Gasteiger partial charge in [0.2, 0.25) is 0 Å². The molecule has 0 atom stereocenters. The zero-order chi connectivity index (χ0) is 14.1. The number of aromatic nitrogens is 1. The van der Waals surface area contributed by atoms with Crippen LogP contribution in [0.2, 0.25) is 0 Å². The number of ether oxygens (including phenoxy) is 1. The molecule has 0 aliphatic rings. The van der Waals surface area contributed by atoms with Crippen molar-refractivity contribution in [2.24, 2.45) is 5.84 Å². The minimum atomic E-state index is 0.556. The van der Waals surface area contributed by atoms with Crippen molar-refractivity contribution >= 4 is 5.82 Å². The van der Waals surface area contributed by atoms with Crippen molar-refractivity contribution in [3.05, 3.63) is 23.9 Å². The Hall–Kier alpha value is -1.17. The van der Waals surface area contributed by atoms with Gasteiger partial charge in [0.1, 0.15) is 5.82 Å². The predicted octanol–water partition coefficient (Wildman–Crippen LogP) is 2.00. The molecule has 0 radical (unpaired) electrons. The maximum atomic E-state index is 5.51. The maximum Gasteiger partial charge on any atom is 0.144 e. The summed E-state index contributed by atoms with van der Waals surface area (Å²) in [5, 5.41) is 0. The van der Waals surface area contributed by atoms with E-state index < -0.39 is 0 Å². The Bertz CT molecular complexity index is 355. The average Bonchev–Trinajstić information content (AvgIpc) is 2.46. The number of nitrogens with zero attached hydrogens (tertiary/aromatic N) is 2. The number of methoxy groups -OCH3 is 1. The molecule has 108 valence electrons. The molecule has 0 amide bonds. The van der Waals surface area contributed by atoms with Gasteiger partial charge >= 0.3 is 0 Å². The summed E-state index contributed by atoms with van der Waals surface area (Å²) in [7, 11) is 1.74. The molecule has 5 nitrogen and oxygen atoms in total. The lowest BCUT2D eigenvalue weighted by atomic mass is 10.1. The molecule has 0 bridgehead atoms. The van der Waals surface area contributed by atoms with Gasteiger partial charge in [-0.15, -0.1) is 0 Å². The summed E-state index contributed by atoms with van der Waals surface area (Å²) in [5.41, 5.74) is 3.78. The smallest absolute Gasteiger partial charge is 0.144 e. The van der Waals surface area contributed by atoms with Crippen molar-refractivity contribution in [1.29, 1.82) is 0 Å². The third-order valence-electron chi connectivity index (χ3n) is 3.44. The highest BCUT2D eigenvalue weighted by atomic mass is 16.5. The second-order valence-corrected chi connectivity index (χ2v) is 4.59. The number of nitrogens with two attached hydrogens (primary N) is 1. The molecule has 0 aliphatic heterocycles. The van der Waals surface area contributed by atoms with Crippen LogP contribution in [0.4, 0.5) is 5.82 Å². The maximum absolute atomic E-state index is 5.51. The molecule has 0 fully saturated rings. The summed E-state index contributed by atoms with van der Waals surface area (Å²) in [6.45, 7) is 6.94. The van der Waals surface area contributed by atoms with Crippen molar-refractivity contribution < 1.29 is 4.74 Å². The van der Waals surface area contributed by atoms with Gasteiger partial charge in [0.15, 0.2) is 0 Å². The first-order chi connectivity index (χ1) is 9.26. The molecule has 0 saturated carbocycles. The quantitative estimate of drug-likeness (QED) is 0.529. The summed E-state index contributed by atoms with van der Waals surface area (Å²) < 4.78 is 5.21. The zero-order valence-corrected chi connectivity index (χ0v) is 12.2. The van der Waals surface area contributed by atoms with Crippen LogP contribution in [0.3, 0.4) is 0 Å². The number of hydrogen-bond donors (Lipinski definition) is 2. The lowest BCUT2D eigenvalue weighted by Crippen LogP contribution is -2.36. The molecule has 1 aromatic heterocycles. The van der Waals surface area contributed by atoms with E-state index in [1.807, 2.05) is 6.07 Å². The van der Waals surface area contributed by atoms with Gasteiger partial charge in [-0.05, 0) is 18.9 Å². The molecule has 3 N–H and O–H groups in total. The molecule has 0 saturated heterocycles. The van der Waals surface area contributed by atoms with Crippen molar-refractivity contribution in [2.45, 2.75) is 39.3 Å². The minimum Gasteiger partial charge on any atom is -0.383 e. The molecule has 0 spiro atoms. The molecule has 1 aromatic rings. The topological polar surface area (TPSA) is 63.4 Å². The standard InChI is InChI=1S/C14H26N4O/c1-4-13(5-2)18(9-10-19-3)11-12-7-6-8-16-14(12)17-15/h6-8,13H,4-5,9-11,15H2,1-3H3,(H,16,17). The Kier molecular flexibility index (Phi) is 7.40. The van der Waals surface area contributed by atoms with E-state index >= 15 is 0 Å². The Labute approximate surface area is 116 Å². The Morgan fingerprint density at radius 3 is 2.74 bits per heavy atom. The second kappa shape index (κ2) is 8.85. The van der Waals surface area contributed by atoms with Crippen LogP contribution in [0.25, 0.3) is 0 Å². The number of rotatable bonds is 9. The molecule has 1 rings (SSSR count). The Morgan fingerprint density at radius 1 is 1.42 bits per heavy atom. The third-order valence-corrected chi connectivity index (χ3v) is 3.44. The van der Waals surface area contributed by atoms with Crippen LogP contribution < -0.4 is 11.3 Å². The Balaban J connectivity index is 2.80. The van der Waals surface area contributed by atoms with E-state index in [-0.39, 0.29) is 0 Å². The van der Waals surface area contributed by atoms with E-state index in [1.165, 1.54) is 0 Å². The SMILES string of the molecule is CCC(CC)N(CCOC)Cc1cccnc1NN. The first kappa shape index (κ1) is 15.9. The molecule has 0 aromatic carbocycles. The fourth-order valence-corrected chi connectivity index (χ4v) is 2.32. The van der Waals surface area contributed by atoms with Crippen molar-refractivity contribution in [3.63, 3.8) is 0 Å². The van der Waals surface area contributed by atoms with Gasteiger partial charge < -0.3 is 10.2 Å². The lowest BCUT2D eigenvalue weighted by molar-refractivity contribution is 0.110. The number of nitrogens with one attached hydrogen (secondary N) is 1. The van der Waals surface area contributed by atoms with Gasteiger partial charge in [-0.3, -0.25) is 4.90 Å². The predicted molar refractivity (Wildman–Crippen MR) is 78.7 cm³/mol. The van der Waals surface area contributed by atoms with Crippen LogP contribution in [0, 0.1) is 0 Å². The first-order valence-electron chi connectivity index (χ1n) is 6.90. The molecule has 1 heterocycles. The van der Waals surface area contributed by atoms with E-state index in [1.54, 1.807) is 13.3 Å². The van der Waals surface area contributed by atoms with E-state index in [0.29, 0.717) is 6.04 Å². The zero-order valence-electron chi connectivity index (χ0n) is 12.2. The van der Waals surface area contributed by atoms with Crippen molar-refractivity contribution in [2.75, 3.05) is 25.7 Å². The number of pyridine rings is 1. The molecule has 0 aliphatic carbocycles. The largest absolute Gasteiger partial charge is 0.383 e. The average molecular weight is 266 g/mol. The monoisotopic (exact) mass is 266 g/mol. The number of hydrogen-bond acceptors (Lipinski definition) is 5. The van der Waals surface area contributed by atoms with Crippen molar-refractivity contribution in [1.82, 2.24) is 9.88 Å². The summed E-state index contributed by atoms with van der Waals surface area (Å²) in [6, 6.07) is 4.56.